The molecular weight excluding hydrogens is 401 g/mol. The van der Waals surface area contributed by atoms with Gasteiger partial charge in [-0.2, -0.15) is 5.10 Å². The summed E-state index contributed by atoms with van der Waals surface area (Å²) in [6.07, 6.45) is -0.0291. The van der Waals surface area contributed by atoms with E-state index in [0.717, 1.165) is 12.1 Å². The Bertz CT molecular complexity index is 982. The maximum absolute atomic E-state index is 13.6. The average Bonchev–Trinajstić information content (AvgIpc) is 3.14. The molecule has 0 saturated carbocycles. The van der Waals surface area contributed by atoms with Crippen LogP contribution in [0, 0.1) is 17.5 Å². The zero-order valence-corrected chi connectivity index (χ0v) is 15.9. The van der Waals surface area contributed by atoms with Crippen LogP contribution in [0.4, 0.5) is 18.9 Å². The molecule has 2 aromatic carbocycles. The number of nitrogens with two attached hydrogens (primary N) is 1. The molecule has 2 unspecified atom stereocenters. The van der Waals surface area contributed by atoms with Gasteiger partial charge in [0.1, 0.15) is 30.0 Å². The van der Waals surface area contributed by atoms with Crippen LogP contribution >= 0.6 is 0 Å². The summed E-state index contributed by atoms with van der Waals surface area (Å²) >= 11 is 0. The van der Waals surface area contributed by atoms with Gasteiger partial charge in [0.05, 0.1) is 11.7 Å². The molecule has 0 saturated heterocycles. The molecule has 1 aliphatic rings. The van der Waals surface area contributed by atoms with Gasteiger partial charge < -0.3 is 15.8 Å². The summed E-state index contributed by atoms with van der Waals surface area (Å²) in [6, 6.07) is 6.71. The third kappa shape index (κ3) is 4.88. The topological polar surface area (TPSA) is 97.0 Å². The highest BCUT2D eigenvalue weighted by atomic mass is 19.1. The number of ether oxygens (including phenoxy) is 1. The van der Waals surface area contributed by atoms with Crippen molar-refractivity contribution < 1.29 is 27.5 Å². The van der Waals surface area contributed by atoms with Gasteiger partial charge in [-0.1, -0.05) is 0 Å². The quantitative estimate of drug-likeness (QED) is 0.717. The summed E-state index contributed by atoms with van der Waals surface area (Å²) < 4.78 is 45.0. The molecule has 2 amide bonds. The summed E-state index contributed by atoms with van der Waals surface area (Å²) in [5.41, 5.74) is 5.88. The summed E-state index contributed by atoms with van der Waals surface area (Å²) in [6.45, 7) is 1.54. The summed E-state index contributed by atoms with van der Waals surface area (Å²) in [7, 11) is 0. The first-order valence-corrected chi connectivity index (χ1v) is 9.05. The van der Waals surface area contributed by atoms with Crippen molar-refractivity contribution in [2.24, 2.45) is 10.8 Å². The molecule has 0 bridgehead atoms. The van der Waals surface area contributed by atoms with Crippen molar-refractivity contribution in [3.05, 3.63) is 59.9 Å². The van der Waals surface area contributed by atoms with Crippen molar-refractivity contribution in [1.82, 2.24) is 5.32 Å². The number of rotatable bonds is 7. The fourth-order valence-electron chi connectivity index (χ4n) is 2.86. The lowest BCUT2D eigenvalue weighted by Gasteiger charge is -2.20. The van der Waals surface area contributed by atoms with Gasteiger partial charge in [0.15, 0.2) is 11.6 Å². The second-order valence-electron chi connectivity index (χ2n) is 6.75. The van der Waals surface area contributed by atoms with E-state index in [2.05, 4.69) is 10.4 Å². The lowest BCUT2D eigenvalue weighted by molar-refractivity contribution is -0.119. The van der Waals surface area contributed by atoms with Crippen molar-refractivity contribution in [2.45, 2.75) is 25.4 Å². The number of primary amides is 1. The molecule has 3 rings (SSSR count). The molecule has 0 aromatic heterocycles. The van der Waals surface area contributed by atoms with Crippen molar-refractivity contribution >= 4 is 23.2 Å². The van der Waals surface area contributed by atoms with Gasteiger partial charge in [0, 0.05) is 12.5 Å². The highest BCUT2D eigenvalue weighted by Crippen LogP contribution is 2.25. The molecule has 10 heteroatoms. The van der Waals surface area contributed by atoms with Gasteiger partial charge in [0.2, 0.25) is 5.91 Å². The van der Waals surface area contributed by atoms with Gasteiger partial charge in [0.25, 0.3) is 5.91 Å². The van der Waals surface area contributed by atoms with Crippen LogP contribution in [0.1, 0.15) is 13.3 Å². The number of anilines is 1. The Morgan fingerprint density at radius 3 is 2.50 bits per heavy atom. The number of nitrogens with zero attached hydrogens (tertiary/aromatic N) is 2. The number of amides is 2. The van der Waals surface area contributed by atoms with E-state index in [1.165, 1.54) is 29.3 Å². The van der Waals surface area contributed by atoms with Gasteiger partial charge in [-0.3, -0.25) is 14.6 Å². The lowest BCUT2D eigenvalue weighted by Crippen LogP contribution is -2.42. The van der Waals surface area contributed by atoms with Crippen molar-refractivity contribution in [2.75, 3.05) is 11.6 Å². The molecule has 0 aliphatic carbocycles. The molecule has 158 valence electrons. The third-order valence-electron chi connectivity index (χ3n) is 4.35. The molecule has 2 aromatic rings. The number of nitrogens with one attached hydrogen (secondary N) is 1. The largest absolute Gasteiger partial charge is 0.488 e. The minimum absolute atomic E-state index is 0.0291. The van der Waals surface area contributed by atoms with E-state index in [1.807, 2.05) is 0 Å². The molecule has 3 N–H and O–H groups in total. The maximum atomic E-state index is 13.6. The predicted molar refractivity (Wildman–Crippen MR) is 103 cm³/mol. The number of hydrogen-bond donors (Lipinski definition) is 2. The van der Waals surface area contributed by atoms with E-state index in [9.17, 15) is 22.8 Å². The molecular formula is C20H19F3N4O3. The fourth-order valence-corrected chi connectivity index (χ4v) is 2.86. The number of carbonyl (C=O) groups is 2. The Kier molecular flexibility index (Phi) is 6.24. The van der Waals surface area contributed by atoms with Crippen molar-refractivity contribution in [1.29, 1.82) is 0 Å². The van der Waals surface area contributed by atoms with Crippen molar-refractivity contribution in [3.63, 3.8) is 0 Å². The zero-order chi connectivity index (χ0) is 21.8. The van der Waals surface area contributed by atoms with Gasteiger partial charge in [-0.25, -0.2) is 13.2 Å². The highest BCUT2D eigenvalue weighted by Gasteiger charge is 2.35. The van der Waals surface area contributed by atoms with Crippen LogP contribution in [0.3, 0.4) is 0 Å². The Morgan fingerprint density at radius 2 is 1.87 bits per heavy atom. The standard InChI is InChI=1S/C20H19F3N4O3/c1-11(10-30-18-7-4-13(22)8-15(18)23)25-20(29)16-9-17(19(24)28)27(26-16)14-5-2-12(21)3-6-14/h2-8,11,17H,9-10H2,1H3,(H2,24,28)(H,25,29). The lowest BCUT2D eigenvalue weighted by atomic mass is 10.1. The fraction of sp³-hybridized carbons (Fsp3) is 0.250. The summed E-state index contributed by atoms with van der Waals surface area (Å²) in [5.74, 6) is -3.42. The minimum Gasteiger partial charge on any atom is -0.488 e. The van der Waals surface area contributed by atoms with Crippen LogP contribution in [-0.4, -0.2) is 36.2 Å². The summed E-state index contributed by atoms with van der Waals surface area (Å²) in [5, 5.41) is 8.06. The highest BCUT2D eigenvalue weighted by molar-refractivity contribution is 6.40. The maximum Gasteiger partial charge on any atom is 0.267 e. The molecule has 30 heavy (non-hydrogen) atoms. The first-order chi connectivity index (χ1) is 14.2. The van der Waals surface area contributed by atoms with E-state index >= 15 is 0 Å². The van der Waals surface area contributed by atoms with Crippen LogP contribution in [0.25, 0.3) is 0 Å². The van der Waals surface area contributed by atoms with E-state index < -0.39 is 41.3 Å². The van der Waals surface area contributed by atoms with Crippen LogP contribution in [0.15, 0.2) is 47.6 Å². The van der Waals surface area contributed by atoms with Gasteiger partial charge in [-0.05, 0) is 43.3 Å². The van der Waals surface area contributed by atoms with Crippen LogP contribution < -0.4 is 20.8 Å². The van der Waals surface area contributed by atoms with Crippen LogP contribution in [0.5, 0.6) is 5.75 Å². The average molecular weight is 420 g/mol. The molecule has 1 aliphatic heterocycles. The minimum atomic E-state index is -0.893. The monoisotopic (exact) mass is 420 g/mol. The van der Waals surface area contributed by atoms with Crippen LogP contribution in [0.2, 0.25) is 0 Å². The molecule has 0 fully saturated rings. The molecule has 2 atom stereocenters. The molecule has 1 heterocycles. The van der Waals surface area contributed by atoms with E-state index in [1.54, 1.807) is 6.92 Å². The molecule has 7 nitrogen and oxygen atoms in total. The van der Waals surface area contributed by atoms with E-state index in [0.29, 0.717) is 11.8 Å². The second kappa shape index (κ2) is 8.85. The Labute approximate surface area is 170 Å². The van der Waals surface area contributed by atoms with Gasteiger partial charge >= 0.3 is 0 Å². The smallest absolute Gasteiger partial charge is 0.267 e. The van der Waals surface area contributed by atoms with E-state index in [4.69, 9.17) is 10.5 Å². The van der Waals surface area contributed by atoms with Crippen molar-refractivity contribution in [3.8, 4) is 5.75 Å². The van der Waals surface area contributed by atoms with Crippen LogP contribution in [-0.2, 0) is 9.59 Å². The Hall–Kier alpha value is -3.56. The first kappa shape index (κ1) is 21.2. The number of benzene rings is 2. The number of hydrogen-bond acceptors (Lipinski definition) is 5. The third-order valence-corrected chi connectivity index (χ3v) is 4.35. The first-order valence-electron chi connectivity index (χ1n) is 9.05. The second-order valence-corrected chi connectivity index (χ2v) is 6.75. The Morgan fingerprint density at radius 1 is 1.20 bits per heavy atom. The predicted octanol–water partition coefficient (Wildman–Crippen LogP) is 2.11. The number of carbonyl (C=O) groups excluding carboxylic acids is 2. The van der Waals surface area contributed by atoms with E-state index in [-0.39, 0.29) is 24.5 Å². The molecule has 0 radical (unpaired) electrons. The molecule has 0 spiro atoms. The number of halogens is 3. The number of hydrazone groups is 1. The zero-order valence-electron chi connectivity index (χ0n) is 15.9. The SMILES string of the molecule is CC(COc1ccc(F)cc1F)NC(=O)C1=NN(c2ccc(F)cc2)C(C(N)=O)C1. The van der Waals surface area contributed by atoms with Gasteiger partial charge in [-0.15, -0.1) is 0 Å². The summed E-state index contributed by atoms with van der Waals surface area (Å²) in [4.78, 5) is 24.3. The normalized spacial score (nSPS) is 16.7. The Balaban J connectivity index is 1.64.